The third-order valence-corrected chi connectivity index (χ3v) is 3.17. The van der Waals surface area contributed by atoms with Gasteiger partial charge in [0.15, 0.2) is 6.61 Å². The first-order valence-corrected chi connectivity index (χ1v) is 7.92. The largest absolute Gasteiger partial charge is 0.494 e. The molecule has 0 fully saturated rings. The van der Waals surface area contributed by atoms with E-state index in [2.05, 4.69) is 17.2 Å². The maximum atomic E-state index is 11.7. The number of rotatable bonds is 6. The van der Waals surface area contributed by atoms with Crippen LogP contribution in [-0.4, -0.2) is 25.7 Å². The molecule has 124 valence electrons. The molecule has 0 saturated carbocycles. The summed E-state index contributed by atoms with van der Waals surface area (Å²) in [5.41, 5.74) is 0.808. The molecule has 0 heterocycles. The Morgan fingerprint density at radius 2 is 1.83 bits per heavy atom. The van der Waals surface area contributed by atoms with Crippen molar-refractivity contribution in [2.45, 2.75) is 6.92 Å². The fraction of sp³-hybridized carbons (Fsp3) is 0.211. The Bertz CT molecular complexity index is 732. The van der Waals surface area contributed by atoms with Crippen molar-refractivity contribution in [1.29, 1.82) is 0 Å². The van der Waals surface area contributed by atoms with E-state index in [-0.39, 0.29) is 19.1 Å². The summed E-state index contributed by atoms with van der Waals surface area (Å²) in [6.45, 7) is 2.72. The number of carbonyl (C=O) groups excluding carboxylic acids is 1. The Balaban J connectivity index is 1.72. The highest BCUT2D eigenvalue weighted by Gasteiger charge is 2.01. The van der Waals surface area contributed by atoms with Crippen molar-refractivity contribution >= 4 is 17.5 Å². The highest BCUT2D eigenvalue weighted by molar-refractivity contribution is 6.30. The smallest absolute Gasteiger partial charge is 0.258 e. The van der Waals surface area contributed by atoms with Gasteiger partial charge in [0.2, 0.25) is 0 Å². The fourth-order valence-corrected chi connectivity index (χ4v) is 2.04. The standard InChI is InChI=1S/C19H18ClNO3/c1-2-23-17-8-10-18(11-9-17)24-14-19(22)21-12-4-6-15-5-3-7-16(20)13-15/h3,5,7-11,13H,2,12,14H2,1H3,(H,21,22). The van der Waals surface area contributed by atoms with Crippen LogP contribution in [0.1, 0.15) is 12.5 Å². The Morgan fingerprint density at radius 3 is 2.50 bits per heavy atom. The number of hydrogen-bond donors (Lipinski definition) is 1. The lowest BCUT2D eigenvalue weighted by Gasteiger charge is -2.07. The molecule has 1 N–H and O–H groups in total. The molecule has 0 aliphatic carbocycles. The molecule has 0 aromatic heterocycles. The molecule has 0 atom stereocenters. The van der Waals surface area contributed by atoms with Gasteiger partial charge in [-0.15, -0.1) is 0 Å². The van der Waals surface area contributed by atoms with Gasteiger partial charge in [-0.3, -0.25) is 4.79 Å². The topological polar surface area (TPSA) is 47.6 Å². The quantitative estimate of drug-likeness (QED) is 0.819. The highest BCUT2D eigenvalue weighted by Crippen LogP contribution is 2.17. The molecule has 0 spiro atoms. The maximum absolute atomic E-state index is 11.7. The van der Waals surface area contributed by atoms with E-state index >= 15 is 0 Å². The summed E-state index contributed by atoms with van der Waals surface area (Å²) in [6, 6.07) is 14.4. The third-order valence-electron chi connectivity index (χ3n) is 2.94. The molecule has 24 heavy (non-hydrogen) atoms. The van der Waals surface area contributed by atoms with Crippen molar-refractivity contribution in [3.05, 3.63) is 59.1 Å². The van der Waals surface area contributed by atoms with Crippen molar-refractivity contribution in [3.8, 4) is 23.3 Å². The van der Waals surface area contributed by atoms with Gasteiger partial charge in [0.05, 0.1) is 13.2 Å². The van der Waals surface area contributed by atoms with E-state index in [4.69, 9.17) is 21.1 Å². The fourth-order valence-electron chi connectivity index (χ4n) is 1.85. The van der Waals surface area contributed by atoms with Gasteiger partial charge in [-0.2, -0.15) is 0 Å². The molecule has 1 amide bonds. The third kappa shape index (κ3) is 6.23. The molecule has 0 aliphatic rings. The lowest BCUT2D eigenvalue weighted by Crippen LogP contribution is -2.29. The van der Waals surface area contributed by atoms with Gasteiger partial charge >= 0.3 is 0 Å². The molecular weight excluding hydrogens is 326 g/mol. The van der Waals surface area contributed by atoms with Crippen LogP contribution in [0.2, 0.25) is 5.02 Å². The van der Waals surface area contributed by atoms with Crippen LogP contribution in [0.25, 0.3) is 0 Å². The molecule has 0 radical (unpaired) electrons. The van der Waals surface area contributed by atoms with E-state index in [9.17, 15) is 4.79 Å². The van der Waals surface area contributed by atoms with E-state index in [0.29, 0.717) is 17.4 Å². The second-order valence-corrected chi connectivity index (χ2v) is 5.22. The second kappa shape index (κ2) is 9.49. The molecular formula is C19H18ClNO3. The van der Waals surface area contributed by atoms with Crippen LogP contribution in [0.3, 0.4) is 0 Å². The van der Waals surface area contributed by atoms with Gasteiger partial charge < -0.3 is 14.8 Å². The van der Waals surface area contributed by atoms with Gasteiger partial charge in [0.1, 0.15) is 11.5 Å². The molecule has 5 heteroatoms. The molecule has 2 aromatic rings. The molecule has 0 unspecified atom stereocenters. The predicted octanol–water partition coefficient (Wildman–Crippen LogP) is 3.29. The van der Waals surface area contributed by atoms with Crippen molar-refractivity contribution in [1.82, 2.24) is 5.32 Å². The number of hydrogen-bond acceptors (Lipinski definition) is 3. The van der Waals surface area contributed by atoms with E-state index in [1.54, 1.807) is 36.4 Å². The zero-order valence-corrected chi connectivity index (χ0v) is 14.1. The average molecular weight is 344 g/mol. The number of ether oxygens (including phenoxy) is 2. The number of benzene rings is 2. The Morgan fingerprint density at radius 1 is 1.12 bits per heavy atom. The zero-order valence-electron chi connectivity index (χ0n) is 13.3. The van der Waals surface area contributed by atoms with Gasteiger partial charge in [0, 0.05) is 10.6 Å². The minimum atomic E-state index is -0.232. The van der Waals surface area contributed by atoms with Crippen LogP contribution in [-0.2, 0) is 4.79 Å². The summed E-state index contributed by atoms with van der Waals surface area (Å²) < 4.78 is 10.7. The van der Waals surface area contributed by atoms with Gasteiger partial charge in [-0.25, -0.2) is 0 Å². The summed E-state index contributed by atoms with van der Waals surface area (Å²) in [6.07, 6.45) is 0. The van der Waals surface area contributed by atoms with E-state index in [0.717, 1.165) is 11.3 Å². The van der Waals surface area contributed by atoms with Crippen LogP contribution in [0.4, 0.5) is 0 Å². The highest BCUT2D eigenvalue weighted by atomic mass is 35.5. The van der Waals surface area contributed by atoms with Crippen molar-refractivity contribution < 1.29 is 14.3 Å². The van der Waals surface area contributed by atoms with Crippen molar-refractivity contribution in [3.63, 3.8) is 0 Å². The monoisotopic (exact) mass is 343 g/mol. The van der Waals surface area contributed by atoms with Gasteiger partial charge in [-0.05, 0) is 49.4 Å². The van der Waals surface area contributed by atoms with E-state index in [1.807, 2.05) is 19.1 Å². The van der Waals surface area contributed by atoms with Crippen molar-refractivity contribution in [2.75, 3.05) is 19.8 Å². The minimum absolute atomic E-state index is 0.0627. The zero-order chi connectivity index (χ0) is 17.2. The number of halogens is 1. The minimum Gasteiger partial charge on any atom is -0.494 e. The molecule has 2 aromatic carbocycles. The van der Waals surface area contributed by atoms with E-state index < -0.39 is 0 Å². The molecule has 0 saturated heterocycles. The lowest BCUT2D eigenvalue weighted by atomic mass is 10.2. The summed E-state index contributed by atoms with van der Waals surface area (Å²) in [5, 5.41) is 3.31. The second-order valence-electron chi connectivity index (χ2n) is 4.78. The first-order valence-electron chi connectivity index (χ1n) is 7.54. The molecule has 0 bridgehead atoms. The van der Waals surface area contributed by atoms with Gasteiger partial charge in [0.25, 0.3) is 5.91 Å². The van der Waals surface area contributed by atoms with Crippen LogP contribution in [0.5, 0.6) is 11.5 Å². The molecule has 0 aliphatic heterocycles. The first kappa shape index (κ1) is 17.7. The summed E-state index contributed by atoms with van der Waals surface area (Å²) in [4.78, 5) is 11.7. The van der Waals surface area contributed by atoms with Crippen LogP contribution in [0.15, 0.2) is 48.5 Å². The number of nitrogens with one attached hydrogen (secondary N) is 1. The first-order chi connectivity index (χ1) is 11.7. The average Bonchev–Trinajstić information content (AvgIpc) is 2.58. The lowest BCUT2D eigenvalue weighted by molar-refractivity contribution is -0.122. The molecule has 2 rings (SSSR count). The summed E-state index contributed by atoms with van der Waals surface area (Å²) in [5.74, 6) is 6.94. The van der Waals surface area contributed by atoms with Gasteiger partial charge in [-0.1, -0.05) is 29.5 Å². The Kier molecular flexibility index (Phi) is 7.00. The maximum Gasteiger partial charge on any atom is 0.258 e. The van der Waals surface area contributed by atoms with Crippen LogP contribution in [0, 0.1) is 11.8 Å². The van der Waals surface area contributed by atoms with Crippen LogP contribution >= 0.6 is 11.6 Å². The Hall–Kier alpha value is -2.64. The van der Waals surface area contributed by atoms with Crippen LogP contribution < -0.4 is 14.8 Å². The Labute approximate surface area is 146 Å². The van der Waals surface area contributed by atoms with E-state index in [1.165, 1.54) is 0 Å². The predicted molar refractivity (Wildman–Crippen MR) is 94.4 cm³/mol. The normalized spacial score (nSPS) is 9.58. The van der Waals surface area contributed by atoms with Crippen molar-refractivity contribution in [2.24, 2.45) is 0 Å². The number of amides is 1. The SMILES string of the molecule is CCOc1ccc(OCC(=O)NCC#Cc2cccc(Cl)c2)cc1. The summed E-state index contributed by atoms with van der Waals surface area (Å²) in [7, 11) is 0. The number of carbonyl (C=O) groups is 1. The summed E-state index contributed by atoms with van der Waals surface area (Å²) >= 11 is 5.87. The molecule has 4 nitrogen and oxygen atoms in total.